The molecule has 0 amide bonds. The van der Waals surface area contributed by atoms with Crippen molar-refractivity contribution in [1.29, 1.82) is 0 Å². The fraction of sp³-hybridized carbons (Fsp3) is 1.00. The van der Waals surface area contributed by atoms with Crippen molar-refractivity contribution in [3.8, 4) is 0 Å². The van der Waals surface area contributed by atoms with Gasteiger partial charge in [0.05, 0.1) is 0 Å². The molecule has 0 radical (unpaired) electrons. The van der Waals surface area contributed by atoms with Crippen LogP contribution >= 0.6 is 0 Å². The molecule has 1 atom stereocenters. The van der Waals surface area contributed by atoms with Crippen LogP contribution < -0.4 is 5.32 Å². The van der Waals surface area contributed by atoms with Crippen molar-refractivity contribution in [3.63, 3.8) is 0 Å². The molecular weight excluding hydrogens is 203 g/mol. The van der Waals surface area contributed by atoms with Crippen molar-refractivity contribution >= 4 is 0 Å². The van der Waals surface area contributed by atoms with Gasteiger partial charge in [0.15, 0.2) is 0 Å². The molecule has 0 heterocycles. The maximum absolute atomic E-state index is 12.2. The molecule has 0 saturated carbocycles. The number of unbranched alkanes of at least 4 members (excludes halogenated alkanes) is 1. The Labute approximate surface area is 90.4 Å². The van der Waals surface area contributed by atoms with E-state index < -0.39 is 12.2 Å². The molecule has 0 bridgehead atoms. The average molecular weight is 225 g/mol. The second-order valence-electron chi connectivity index (χ2n) is 4.91. The van der Waals surface area contributed by atoms with Crippen molar-refractivity contribution in [2.45, 2.75) is 59.2 Å². The zero-order chi connectivity index (χ0) is 12.1. The van der Waals surface area contributed by atoms with Gasteiger partial charge >= 0.3 is 6.18 Å². The van der Waals surface area contributed by atoms with Crippen LogP contribution in [0.2, 0.25) is 0 Å². The highest BCUT2D eigenvalue weighted by Gasteiger charge is 2.36. The SMILES string of the molecule is CCCCC(C)(C)CN[C@@H](C)C(F)(F)F. The van der Waals surface area contributed by atoms with E-state index in [9.17, 15) is 13.2 Å². The zero-order valence-electron chi connectivity index (χ0n) is 10.0. The fourth-order valence-electron chi connectivity index (χ4n) is 1.29. The van der Waals surface area contributed by atoms with E-state index in [0.717, 1.165) is 26.2 Å². The molecule has 0 rings (SSSR count). The first kappa shape index (κ1) is 14.8. The summed E-state index contributed by atoms with van der Waals surface area (Å²) in [5, 5.41) is 2.55. The average Bonchev–Trinajstić information content (AvgIpc) is 2.09. The molecule has 0 aliphatic rings. The van der Waals surface area contributed by atoms with Crippen LogP contribution in [0.25, 0.3) is 0 Å². The quantitative estimate of drug-likeness (QED) is 0.726. The van der Waals surface area contributed by atoms with Gasteiger partial charge in [-0.2, -0.15) is 13.2 Å². The topological polar surface area (TPSA) is 12.0 Å². The first-order valence-electron chi connectivity index (χ1n) is 5.49. The largest absolute Gasteiger partial charge is 0.403 e. The Morgan fingerprint density at radius 2 is 1.73 bits per heavy atom. The Hall–Kier alpha value is -0.250. The van der Waals surface area contributed by atoms with Gasteiger partial charge in [0, 0.05) is 6.54 Å². The molecule has 0 aliphatic carbocycles. The molecule has 0 unspecified atom stereocenters. The molecule has 0 aliphatic heterocycles. The maximum Gasteiger partial charge on any atom is 0.403 e. The minimum atomic E-state index is -4.14. The normalized spacial score (nSPS) is 15.4. The highest BCUT2D eigenvalue weighted by atomic mass is 19.4. The third kappa shape index (κ3) is 6.77. The minimum absolute atomic E-state index is 0.0600. The molecule has 0 aromatic rings. The highest BCUT2D eigenvalue weighted by molar-refractivity contribution is 4.76. The van der Waals surface area contributed by atoms with Gasteiger partial charge in [-0.3, -0.25) is 0 Å². The van der Waals surface area contributed by atoms with E-state index in [1.165, 1.54) is 0 Å². The summed E-state index contributed by atoms with van der Waals surface area (Å²) in [4.78, 5) is 0. The van der Waals surface area contributed by atoms with Crippen molar-refractivity contribution < 1.29 is 13.2 Å². The molecule has 15 heavy (non-hydrogen) atoms. The predicted molar refractivity (Wildman–Crippen MR) is 56.8 cm³/mol. The minimum Gasteiger partial charge on any atom is -0.306 e. The van der Waals surface area contributed by atoms with Gasteiger partial charge in [0.25, 0.3) is 0 Å². The van der Waals surface area contributed by atoms with E-state index >= 15 is 0 Å². The van der Waals surface area contributed by atoms with Gasteiger partial charge in [-0.15, -0.1) is 0 Å². The van der Waals surface area contributed by atoms with Gasteiger partial charge in [-0.25, -0.2) is 0 Å². The molecule has 4 heteroatoms. The lowest BCUT2D eigenvalue weighted by Crippen LogP contribution is -2.43. The summed E-state index contributed by atoms with van der Waals surface area (Å²) in [7, 11) is 0. The summed E-state index contributed by atoms with van der Waals surface area (Å²) in [5.41, 5.74) is -0.0600. The van der Waals surface area contributed by atoms with Crippen molar-refractivity contribution in [2.75, 3.05) is 6.54 Å². The Bertz CT molecular complexity index is 175. The van der Waals surface area contributed by atoms with Crippen molar-refractivity contribution in [3.05, 3.63) is 0 Å². The number of hydrogen-bond acceptors (Lipinski definition) is 1. The zero-order valence-corrected chi connectivity index (χ0v) is 10.0. The Balaban J connectivity index is 3.92. The lowest BCUT2D eigenvalue weighted by atomic mass is 9.87. The summed E-state index contributed by atoms with van der Waals surface area (Å²) >= 11 is 0. The number of alkyl halides is 3. The van der Waals surface area contributed by atoms with Crippen LogP contribution in [0.1, 0.15) is 47.0 Å². The number of halogens is 3. The van der Waals surface area contributed by atoms with Crippen LogP contribution in [0.5, 0.6) is 0 Å². The van der Waals surface area contributed by atoms with Crippen molar-refractivity contribution in [2.24, 2.45) is 5.41 Å². The fourth-order valence-corrected chi connectivity index (χ4v) is 1.29. The summed E-state index contributed by atoms with van der Waals surface area (Å²) < 4.78 is 36.6. The van der Waals surface area contributed by atoms with E-state index in [4.69, 9.17) is 0 Å². The van der Waals surface area contributed by atoms with E-state index in [0.29, 0.717) is 6.54 Å². The molecular formula is C11H22F3N. The Morgan fingerprint density at radius 3 is 2.13 bits per heavy atom. The smallest absolute Gasteiger partial charge is 0.306 e. The van der Waals surface area contributed by atoms with Crippen LogP contribution in [-0.4, -0.2) is 18.8 Å². The number of nitrogens with one attached hydrogen (secondary N) is 1. The number of hydrogen-bond donors (Lipinski definition) is 1. The molecule has 0 aromatic heterocycles. The monoisotopic (exact) mass is 225 g/mol. The first-order chi connectivity index (χ1) is 6.69. The Kier molecular flexibility index (Phi) is 5.63. The van der Waals surface area contributed by atoms with Crippen LogP contribution in [0.3, 0.4) is 0 Å². The second-order valence-corrected chi connectivity index (χ2v) is 4.91. The van der Waals surface area contributed by atoms with E-state index in [-0.39, 0.29) is 5.41 Å². The van der Waals surface area contributed by atoms with Gasteiger partial charge in [0.1, 0.15) is 6.04 Å². The Morgan fingerprint density at radius 1 is 1.20 bits per heavy atom. The van der Waals surface area contributed by atoms with Gasteiger partial charge in [0.2, 0.25) is 0 Å². The van der Waals surface area contributed by atoms with Crippen LogP contribution in [0.4, 0.5) is 13.2 Å². The summed E-state index contributed by atoms with van der Waals surface area (Å²) in [6, 6.07) is -1.42. The maximum atomic E-state index is 12.2. The molecule has 1 N–H and O–H groups in total. The van der Waals surface area contributed by atoms with E-state index in [1.54, 1.807) is 0 Å². The molecule has 1 nitrogen and oxygen atoms in total. The summed E-state index contributed by atoms with van der Waals surface area (Å²) in [6.45, 7) is 7.66. The molecule has 0 fully saturated rings. The van der Waals surface area contributed by atoms with Gasteiger partial charge in [-0.05, 0) is 18.8 Å². The third-order valence-corrected chi connectivity index (χ3v) is 2.58. The lowest BCUT2D eigenvalue weighted by Gasteiger charge is -2.27. The van der Waals surface area contributed by atoms with E-state index in [1.807, 2.05) is 13.8 Å². The summed E-state index contributed by atoms with van der Waals surface area (Å²) in [5.74, 6) is 0. The molecule has 0 aromatic carbocycles. The molecule has 0 saturated heterocycles. The van der Waals surface area contributed by atoms with Crippen molar-refractivity contribution in [1.82, 2.24) is 5.32 Å². The van der Waals surface area contributed by atoms with Gasteiger partial charge < -0.3 is 5.32 Å². The third-order valence-electron chi connectivity index (χ3n) is 2.58. The van der Waals surface area contributed by atoms with Crippen LogP contribution in [-0.2, 0) is 0 Å². The highest BCUT2D eigenvalue weighted by Crippen LogP contribution is 2.24. The van der Waals surface area contributed by atoms with E-state index in [2.05, 4.69) is 12.2 Å². The van der Waals surface area contributed by atoms with Gasteiger partial charge in [-0.1, -0.05) is 33.6 Å². The number of rotatable bonds is 6. The first-order valence-corrected chi connectivity index (χ1v) is 5.49. The van der Waals surface area contributed by atoms with Crippen LogP contribution in [0, 0.1) is 5.41 Å². The summed E-state index contributed by atoms with van der Waals surface area (Å²) in [6.07, 6.45) is -1.03. The standard InChI is InChI=1S/C11H22F3N/c1-5-6-7-10(3,4)8-15-9(2)11(12,13)14/h9,15H,5-8H2,1-4H3/t9-/m0/s1. The predicted octanol–water partition coefficient (Wildman–Crippen LogP) is 3.74. The van der Waals surface area contributed by atoms with Crippen LogP contribution in [0.15, 0.2) is 0 Å². The molecule has 92 valence electrons. The second kappa shape index (κ2) is 5.73. The lowest BCUT2D eigenvalue weighted by molar-refractivity contribution is -0.152. The molecule has 0 spiro atoms.